The van der Waals surface area contributed by atoms with E-state index in [4.69, 9.17) is 13.9 Å². The van der Waals surface area contributed by atoms with E-state index in [9.17, 15) is 25.0 Å². The van der Waals surface area contributed by atoms with Gasteiger partial charge in [-0.1, -0.05) is 0 Å². The zero-order valence-corrected chi connectivity index (χ0v) is 23.4. The predicted octanol–water partition coefficient (Wildman–Crippen LogP) is 6.03. The Labute approximate surface area is 249 Å². The van der Waals surface area contributed by atoms with Crippen LogP contribution in [0.3, 0.4) is 0 Å². The third-order valence-electron chi connectivity index (χ3n) is 6.34. The molecule has 5 aromatic rings. The zero-order valence-electron chi connectivity index (χ0n) is 23.4. The molecular weight excluding hydrogens is 572 g/mol. The zero-order chi connectivity index (χ0) is 31.2. The molecule has 0 spiro atoms. The van der Waals surface area contributed by atoms with Gasteiger partial charge in [-0.05, 0) is 74.5 Å². The second-order valence-corrected chi connectivity index (χ2v) is 9.40. The minimum atomic E-state index is -0.665. The van der Waals surface area contributed by atoms with Gasteiger partial charge in [-0.25, -0.2) is 10.4 Å². The normalized spacial score (nSPS) is 11.0. The molecule has 44 heavy (non-hydrogen) atoms. The number of aromatic nitrogens is 2. The summed E-state index contributed by atoms with van der Waals surface area (Å²) in [6.45, 7) is 4.18. The van der Waals surface area contributed by atoms with Gasteiger partial charge in [0.05, 0.1) is 16.1 Å². The van der Waals surface area contributed by atoms with Crippen molar-refractivity contribution in [2.75, 3.05) is 0 Å². The van der Waals surface area contributed by atoms with Crippen molar-refractivity contribution in [3.05, 3.63) is 134 Å². The Kier molecular flexibility index (Phi) is 8.42. The van der Waals surface area contributed by atoms with Gasteiger partial charge >= 0.3 is 11.6 Å². The topological polar surface area (TPSA) is 177 Å². The Morgan fingerprint density at radius 3 is 2.39 bits per heavy atom. The summed E-state index contributed by atoms with van der Waals surface area (Å²) in [5.41, 5.74) is 5.23. The van der Waals surface area contributed by atoms with Gasteiger partial charge in [0.15, 0.2) is 5.76 Å². The highest BCUT2D eigenvalue weighted by atomic mass is 16.6. The Hall–Kier alpha value is -6.31. The van der Waals surface area contributed by atoms with E-state index in [-0.39, 0.29) is 29.7 Å². The van der Waals surface area contributed by atoms with Crippen LogP contribution in [0.15, 0.2) is 94.6 Å². The highest BCUT2D eigenvalue weighted by Crippen LogP contribution is 2.31. The molecule has 0 bridgehead atoms. The molecule has 3 heterocycles. The number of aryl methyl sites for hydroxylation is 2. The van der Waals surface area contributed by atoms with E-state index in [2.05, 4.69) is 32.2 Å². The number of pyridine rings is 1. The third-order valence-corrected chi connectivity index (χ3v) is 6.34. The van der Waals surface area contributed by atoms with Crippen molar-refractivity contribution in [3.8, 4) is 23.1 Å². The van der Waals surface area contributed by atoms with Crippen LogP contribution in [0.4, 0.5) is 11.4 Å². The lowest BCUT2D eigenvalue weighted by Crippen LogP contribution is -2.16. The van der Waals surface area contributed by atoms with Gasteiger partial charge in [0.2, 0.25) is 11.6 Å². The molecule has 2 aromatic carbocycles. The quantitative estimate of drug-likeness (QED) is 0.108. The number of amides is 1. The summed E-state index contributed by atoms with van der Waals surface area (Å²) >= 11 is 0. The minimum absolute atomic E-state index is 0.0000163. The number of furan rings is 1. The molecule has 0 radical (unpaired) electrons. The van der Waals surface area contributed by atoms with Gasteiger partial charge in [-0.2, -0.15) is 5.10 Å². The van der Waals surface area contributed by atoms with E-state index in [1.54, 1.807) is 6.07 Å². The number of hydrazone groups is 1. The number of nitrogens with zero attached hydrogens (tertiary/aromatic N) is 5. The maximum Gasteiger partial charge on any atom is 0.312 e. The van der Waals surface area contributed by atoms with Crippen LogP contribution in [0, 0.1) is 34.1 Å². The van der Waals surface area contributed by atoms with Crippen LogP contribution in [0.25, 0.3) is 5.69 Å². The summed E-state index contributed by atoms with van der Waals surface area (Å²) in [5, 5.41) is 26.2. The van der Waals surface area contributed by atoms with E-state index in [1.165, 1.54) is 36.5 Å². The Morgan fingerprint density at radius 2 is 1.73 bits per heavy atom. The second kappa shape index (κ2) is 12.7. The van der Waals surface area contributed by atoms with E-state index in [1.807, 2.05) is 38.1 Å². The number of ether oxygens (including phenoxy) is 2. The highest BCUT2D eigenvalue weighted by molar-refractivity contribution is 5.92. The first-order valence-corrected chi connectivity index (χ1v) is 13.0. The number of carbonyl (C=O) groups is 1. The lowest BCUT2D eigenvalue weighted by atomic mass is 10.2. The molecule has 1 N–H and O–H groups in total. The Balaban J connectivity index is 1.16. The van der Waals surface area contributed by atoms with Crippen molar-refractivity contribution in [2.24, 2.45) is 5.10 Å². The van der Waals surface area contributed by atoms with Gasteiger partial charge < -0.3 is 18.5 Å². The number of nitro benzene ring substituents is 1. The molecule has 0 aliphatic rings. The number of benzene rings is 2. The maximum absolute atomic E-state index is 12.5. The van der Waals surface area contributed by atoms with Crippen LogP contribution in [0.5, 0.6) is 17.4 Å². The summed E-state index contributed by atoms with van der Waals surface area (Å²) in [6, 6.07) is 21.2. The van der Waals surface area contributed by atoms with Gasteiger partial charge in [-0.3, -0.25) is 25.0 Å². The molecular formula is C30H24N6O8. The molecule has 0 saturated heterocycles. The Morgan fingerprint density at radius 1 is 0.977 bits per heavy atom. The molecule has 0 aliphatic heterocycles. The number of nitrogens with one attached hydrogen (secondary N) is 1. The first-order chi connectivity index (χ1) is 21.2. The summed E-state index contributed by atoms with van der Waals surface area (Å²) in [6.07, 6.45) is 2.19. The summed E-state index contributed by atoms with van der Waals surface area (Å²) < 4.78 is 18.9. The Bertz CT molecular complexity index is 1840. The van der Waals surface area contributed by atoms with Crippen molar-refractivity contribution >= 4 is 23.5 Å². The van der Waals surface area contributed by atoms with E-state index >= 15 is 0 Å². The largest absolute Gasteiger partial charge is 0.486 e. The van der Waals surface area contributed by atoms with Gasteiger partial charge in [0.25, 0.3) is 5.69 Å². The average Bonchev–Trinajstić information content (AvgIpc) is 3.63. The highest BCUT2D eigenvalue weighted by Gasteiger charge is 2.18. The van der Waals surface area contributed by atoms with E-state index in [0.717, 1.165) is 29.3 Å². The molecule has 1 amide bonds. The van der Waals surface area contributed by atoms with Crippen molar-refractivity contribution in [1.29, 1.82) is 0 Å². The molecule has 222 valence electrons. The lowest BCUT2D eigenvalue weighted by molar-refractivity contribution is -0.385. The van der Waals surface area contributed by atoms with Crippen LogP contribution < -0.4 is 14.9 Å². The van der Waals surface area contributed by atoms with Crippen molar-refractivity contribution in [2.45, 2.75) is 20.5 Å². The molecule has 0 aliphatic carbocycles. The maximum atomic E-state index is 12.5. The molecule has 0 saturated carbocycles. The van der Waals surface area contributed by atoms with Crippen LogP contribution in [0.2, 0.25) is 0 Å². The minimum Gasteiger partial charge on any atom is -0.486 e. The smallest absolute Gasteiger partial charge is 0.312 e. The molecule has 14 nitrogen and oxygen atoms in total. The van der Waals surface area contributed by atoms with Crippen LogP contribution in [-0.4, -0.2) is 31.5 Å². The summed E-state index contributed by atoms with van der Waals surface area (Å²) in [4.78, 5) is 37.3. The number of nitro groups is 2. The average molecular weight is 597 g/mol. The molecule has 0 unspecified atom stereocenters. The number of carbonyl (C=O) groups excluding carboxylic acids is 1. The molecule has 0 fully saturated rings. The number of rotatable bonds is 11. The summed E-state index contributed by atoms with van der Waals surface area (Å²) in [7, 11) is 0. The van der Waals surface area contributed by atoms with Crippen molar-refractivity contribution in [3.63, 3.8) is 0 Å². The van der Waals surface area contributed by atoms with E-state index in [0.29, 0.717) is 17.1 Å². The lowest BCUT2D eigenvalue weighted by Gasteiger charge is -2.10. The van der Waals surface area contributed by atoms with E-state index < -0.39 is 21.4 Å². The SMILES string of the molecule is Cc1ccc(C)n1-c1ccc(OCc2ccc(C(=O)N/N=C/c3ccc(Oc4ccc([N+](=O)[O-])cn4)c([N+](=O)[O-])c3)o2)cc1. The van der Waals surface area contributed by atoms with Crippen LogP contribution in [0.1, 0.15) is 33.3 Å². The fourth-order valence-corrected chi connectivity index (χ4v) is 4.22. The first kappa shape index (κ1) is 29.2. The van der Waals surface area contributed by atoms with Gasteiger partial charge in [0.1, 0.15) is 24.3 Å². The first-order valence-electron chi connectivity index (χ1n) is 13.0. The van der Waals surface area contributed by atoms with Gasteiger partial charge in [0, 0.05) is 40.8 Å². The molecule has 3 aromatic heterocycles. The standard InChI is InChI=1S/C30H24N6O8/c1-19-3-4-20(2)34(19)22-6-9-24(10-7-22)42-18-25-11-13-28(43-25)30(37)33-32-16-21-5-12-27(26(15-21)36(40)41)44-29-14-8-23(17-31-29)35(38)39/h3-17H,18H2,1-2H3,(H,33,37)/b32-16+. The third kappa shape index (κ3) is 6.76. The molecule has 0 atom stereocenters. The number of hydrogen-bond acceptors (Lipinski definition) is 10. The van der Waals surface area contributed by atoms with Gasteiger partial charge in [-0.15, -0.1) is 0 Å². The monoisotopic (exact) mass is 596 g/mol. The molecule has 14 heteroatoms. The second-order valence-electron chi connectivity index (χ2n) is 9.40. The fourth-order valence-electron chi connectivity index (χ4n) is 4.22. The van der Waals surface area contributed by atoms with Crippen molar-refractivity contribution in [1.82, 2.24) is 15.0 Å². The fraction of sp³-hybridized carbons (Fsp3) is 0.100. The predicted molar refractivity (Wildman–Crippen MR) is 157 cm³/mol. The van der Waals surface area contributed by atoms with Crippen LogP contribution in [-0.2, 0) is 6.61 Å². The number of hydrogen-bond donors (Lipinski definition) is 1. The van der Waals surface area contributed by atoms with Crippen LogP contribution >= 0.6 is 0 Å². The molecule has 5 rings (SSSR count). The summed E-state index contributed by atoms with van der Waals surface area (Å²) in [5.74, 6) is 0.233. The van der Waals surface area contributed by atoms with Crippen molar-refractivity contribution < 1.29 is 28.5 Å².